The van der Waals surface area contributed by atoms with Crippen molar-refractivity contribution in [2.24, 2.45) is 11.8 Å². The van der Waals surface area contributed by atoms with E-state index in [9.17, 15) is 4.79 Å². The van der Waals surface area contributed by atoms with Crippen LogP contribution in [0, 0.1) is 11.8 Å². The van der Waals surface area contributed by atoms with Crippen molar-refractivity contribution in [3.63, 3.8) is 0 Å². The van der Waals surface area contributed by atoms with Crippen LogP contribution in [0.15, 0.2) is 12.7 Å². The third-order valence-corrected chi connectivity index (χ3v) is 18.1. The van der Waals surface area contributed by atoms with Gasteiger partial charge in [-0.2, -0.15) is 0 Å². The first-order chi connectivity index (χ1) is 13.5. The van der Waals surface area contributed by atoms with E-state index in [1.54, 1.807) is 0 Å². The Morgan fingerprint density at radius 2 is 1.30 bits per heavy atom. The second-order valence-electron chi connectivity index (χ2n) is 11.7. The summed E-state index contributed by atoms with van der Waals surface area (Å²) < 4.78 is 14.0. The summed E-state index contributed by atoms with van der Waals surface area (Å²) in [6.07, 6.45) is 3.66. The molecule has 0 rings (SSSR count). The molecule has 0 amide bonds. The second kappa shape index (κ2) is 11.6. The monoisotopic (exact) mass is 456 g/mol. The predicted molar refractivity (Wildman–Crippen MR) is 137 cm³/mol. The maximum atomic E-state index is 12.0. The van der Waals surface area contributed by atoms with Crippen molar-refractivity contribution >= 4 is 22.9 Å². The van der Waals surface area contributed by atoms with E-state index < -0.39 is 16.6 Å². The zero-order valence-electron chi connectivity index (χ0n) is 22.3. The third-order valence-electron chi connectivity index (χ3n) is 7.54. The molecule has 5 heteroatoms. The summed E-state index contributed by atoms with van der Waals surface area (Å²) in [6.45, 7) is 33.4. The van der Waals surface area contributed by atoms with Gasteiger partial charge in [-0.15, -0.1) is 6.58 Å². The molecule has 0 saturated carbocycles. The largest absolute Gasteiger partial charge is 0.413 e. The average Bonchev–Trinajstić information content (AvgIpc) is 2.59. The highest BCUT2D eigenvalue weighted by Gasteiger charge is 2.49. The molecule has 4 atom stereocenters. The molecular formula is C25H52O3Si2. The van der Waals surface area contributed by atoms with Crippen molar-refractivity contribution in [1.29, 1.82) is 0 Å². The van der Waals surface area contributed by atoms with Gasteiger partial charge in [0.05, 0.1) is 12.2 Å². The topological polar surface area (TPSA) is 35.5 Å². The Hall–Kier alpha value is -0.236. The van der Waals surface area contributed by atoms with Gasteiger partial charge in [-0.1, -0.05) is 82.2 Å². The molecule has 30 heavy (non-hydrogen) atoms. The molecular weight excluding hydrogens is 404 g/mol. The first-order valence-corrected chi connectivity index (χ1v) is 17.0. The van der Waals surface area contributed by atoms with E-state index in [0.717, 1.165) is 12.7 Å². The summed E-state index contributed by atoms with van der Waals surface area (Å²) in [6, 6.07) is 0. The molecule has 0 aromatic carbocycles. The van der Waals surface area contributed by atoms with Crippen LogP contribution in [0.2, 0.25) is 34.8 Å². The van der Waals surface area contributed by atoms with Crippen molar-refractivity contribution in [3.8, 4) is 0 Å². The van der Waals surface area contributed by atoms with Crippen molar-refractivity contribution in [3.05, 3.63) is 12.7 Å². The Kier molecular flexibility index (Phi) is 11.5. The lowest BCUT2D eigenvalue weighted by atomic mass is 9.89. The van der Waals surface area contributed by atoms with Gasteiger partial charge in [0.1, 0.15) is 6.29 Å². The minimum atomic E-state index is -2.13. The lowest BCUT2D eigenvalue weighted by Crippen LogP contribution is -2.55. The number of hydrogen-bond donors (Lipinski definition) is 0. The van der Waals surface area contributed by atoms with Gasteiger partial charge in [-0.3, -0.25) is 0 Å². The number of aldehydes is 1. The Morgan fingerprint density at radius 3 is 1.60 bits per heavy atom. The molecule has 0 aliphatic heterocycles. The van der Waals surface area contributed by atoms with Crippen molar-refractivity contribution in [1.82, 2.24) is 0 Å². The van der Waals surface area contributed by atoms with Gasteiger partial charge in [0, 0.05) is 11.8 Å². The molecule has 3 nitrogen and oxygen atoms in total. The van der Waals surface area contributed by atoms with Gasteiger partial charge < -0.3 is 13.6 Å². The van der Waals surface area contributed by atoms with Crippen LogP contribution in [0.1, 0.15) is 82.6 Å². The number of carbonyl (C=O) groups excluding carboxylic acids is 1. The van der Waals surface area contributed by atoms with Crippen LogP contribution in [0.25, 0.3) is 0 Å². The molecule has 0 aliphatic carbocycles. The predicted octanol–water partition coefficient (Wildman–Crippen LogP) is 7.98. The van der Waals surface area contributed by atoms with Gasteiger partial charge in [-0.05, 0) is 41.2 Å². The average molecular weight is 457 g/mol. The lowest BCUT2D eigenvalue weighted by molar-refractivity contribution is -0.115. The van der Waals surface area contributed by atoms with Crippen LogP contribution < -0.4 is 0 Å². The third kappa shape index (κ3) is 6.88. The standard InChI is InChI=1S/C25H52O3Si2/c1-15-16-23(27-29(13,14)25(10,11)12)22(9)24(21(8)17-26)28-30(18(2)3,19(4)5)20(6)7/h15,17-24H,1,16H2,2-14H3/t21-,22-,23-,24+/m1/s1. The summed E-state index contributed by atoms with van der Waals surface area (Å²) in [7, 11) is -4.09. The van der Waals surface area contributed by atoms with E-state index in [1.807, 2.05) is 13.0 Å². The lowest BCUT2D eigenvalue weighted by Gasteiger charge is -2.48. The SMILES string of the molecule is C=CC[C@@H](O[Si](C)(C)C(C)(C)C)[C@@H](C)[C@@H](O[Si](C(C)C)(C(C)C)C(C)C)[C@H](C)C=O. The van der Waals surface area contributed by atoms with E-state index >= 15 is 0 Å². The van der Waals surface area contributed by atoms with Gasteiger partial charge in [0.2, 0.25) is 8.32 Å². The molecule has 0 bridgehead atoms. The number of hydrogen-bond acceptors (Lipinski definition) is 3. The summed E-state index contributed by atoms with van der Waals surface area (Å²) in [5.41, 5.74) is 1.43. The van der Waals surface area contributed by atoms with Gasteiger partial charge in [0.25, 0.3) is 0 Å². The fourth-order valence-corrected chi connectivity index (χ4v) is 11.9. The fourth-order valence-electron chi connectivity index (χ4n) is 4.72. The Balaban J connectivity index is 6.20. The van der Waals surface area contributed by atoms with E-state index in [-0.39, 0.29) is 29.1 Å². The first-order valence-electron chi connectivity index (χ1n) is 11.9. The maximum Gasteiger partial charge on any atom is 0.200 e. The van der Waals surface area contributed by atoms with Crippen LogP contribution in [0.5, 0.6) is 0 Å². The quantitative estimate of drug-likeness (QED) is 0.160. The normalized spacial score (nSPS) is 17.9. The van der Waals surface area contributed by atoms with Crippen LogP contribution >= 0.6 is 0 Å². The van der Waals surface area contributed by atoms with E-state index in [2.05, 4.69) is 88.9 Å². The highest BCUT2D eigenvalue weighted by Crippen LogP contribution is 2.45. The molecule has 0 radical (unpaired) electrons. The van der Waals surface area contributed by atoms with Crippen molar-refractivity contribution in [2.45, 2.75) is 130 Å². The zero-order valence-corrected chi connectivity index (χ0v) is 24.3. The molecule has 0 N–H and O–H groups in total. The first kappa shape index (κ1) is 29.8. The molecule has 178 valence electrons. The summed E-state index contributed by atoms with van der Waals surface area (Å²) in [4.78, 5) is 12.0. The summed E-state index contributed by atoms with van der Waals surface area (Å²) >= 11 is 0. The van der Waals surface area contributed by atoms with E-state index in [0.29, 0.717) is 16.6 Å². The highest BCUT2D eigenvalue weighted by atomic mass is 28.4. The van der Waals surface area contributed by atoms with Gasteiger partial charge in [0.15, 0.2) is 8.32 Å². The Labute approximate surface area is 190 Å². The Morgan fingerprint density at radius 1 is 0.867 bits per heavy atom. The van der Waals surface area contributed by atoms with Gasteiger partial charge >= 0.3 is 0 Å². The van der Waals surface area contributed by atoms with Crippen LogP contribution in [0.3, 0.4) is 0 Å². The number of rotatable bonds is 13. The van der Waals surface area contributed by atoms with Crippen LogP contribution in [0.4, 0.5) is 0 Å². The van der Waals surface area contributed by atoms with E-state index in [1.165, 1.54) is 0 Å². The second-order valence-corrected chi connectivity index (χ2v) is 21.9. The minimum Gasteiger partial charge on any atom is -0.413 e. The highest BCUT2D eigenvalue weighted by molar-refractivity contribution is 6.77. The molecule has 0 saturated heterocycles. The van der Waals surface area contributed by atoms with Gasteiger partial charge in [-0.25, -0.2) is 0 Å². The van der Waals surface area contributed by atoms with Crippen molar-refractivity contribution < 1.29 is 13.6 Å². The summed E-state index contributed by atoms with van der Waals surface area (Å²) in [5.74, 6) is -0.0566. The zero-order chi connectivity index (χ0) is 24.1. The molecule has 0 spiro atoms. The van der Waals surface area contributed by atoms with Crippen LogP contribution in [-0.4, -0.2) is 35.1 Å². The van der Waals surface area contributed by atoms with Crippen molar-refractivity contribution in [2.75, 3.05) is 0 Å². The molecule has 0 aromatic heterocycles. The van der Waals surface area contributed by atoms with Crippen LogP contribution in [-0.2, 0) is 13.6 Å². The minimum absolute atomic E-state index is 0.00831. The molecule has 0 aromatic rings. The Bertz CT molecular complexity index is 513. The molecule has 0 aliphatic rings. The number of carbonyl (C=O) groups is 1. The molecule has 0 unspecified atom stereocenters. The van der Waals surface area contributed by atoms with E-state index in [4.69, 9.17) is 8.85 Å². The fraction of sp³-hybridized carbons (Fsp3) is 0.880. The smallest absolute Gasteiger partial charge is 0.200 e. The molecule has 0 fully saturated rings. The maximum absolute atomic E-state index is 12.0. The summed E-state index contributed by atoms with van der Waals surface area (Å²) in [5, 5.41) is 0.130. The molecule has 0 heterocycles.